The molecule has 0 amide bonds. The van der Waals surface area contributed by atoms with Crippen molar-refractivity contribution >= 4 is 11.6 Å². The number of fused-ring (bicyclic) bond motifs is 2. The van der Waals surface area contributed by atoms with Crippen LogP contribution in [0.25, 0.3) is 0 Å². The van der Waals surface area contributed by atoms with Crippen LogP contribution < -0.4 is 5.73 Å². The molecule has 0 saturated carbocycles. The molecule has 4 rings (SSSR count). The van der Waals surface area contributed by atoms with E-state index >= 15 is 0 Å². The van der Waals surface area contributed by atoms with Gasteiger partial charge in [0.15, 0.2) is 5.95 Å². The van der Waals surface area contributed by atoms with Crippen LogP contribution in [-0.2, 0) is 6.42 Å². The van der Waals surface area contributed by atoms with E-state index in [0.717, 1.165) is 28.3 Å². The lowest BCUT2D eigenvalue weighted by atomic mass is 9.85. The molecule has 1 aliphatic rings. The van der Waals surface area contributed by atoms with Crippen molar-refractivity contribution in [2.24, 2.45) is 0 Å². The highest BCUT2D eigenvalue weighted by molar-refractivity contribution is 5.49. The second-order valence-electron chi connectivity index (χ2n) is 5.21. The summed E-state index contributed by atoms with van der Waals surface area (Å²) in [6, 6.07) is 6.48. The SMILES string of the molecule is Nc1nc2c([nH]1)Cc1nc[nH]c1C2c1ccc([N+](=O)[O-])cc1. The van der Waals surface area contributed by atoms with Crippen LogP contribution in [0.2, 0.25) is 0 Å². The summed E-state index contributed by atoms with van der Waals surface area (Å²) < 4.78 is 0. The first-order valence-corrected chi connectivity index (χ1v) is 6.74. The predicted molar refractivity (Wildman–Crippen MR) is 78.4 cm³/mol. The molecule has 1 atom stereocenters. The van der Waals surface area contributed by atoms with Crippen LogP contribution >= 0.6 is 0 Å². The Balaban J connectivity index is 1.86. The van der Waals surface area contributed by atoms with E-state index in [4.69, 9.17) is 5.73 Å². The molecule has 8 heteroatoms. The molecule has 0 spiro atoms. The van der Waals surface area contributed by atoms with E-state index in [2.05, 4.69) is 19.9 Å². The third-order valence-corrected chi connectivity index (χ3v) is 3.92. The van der Waals surface area contributed by atoms with Crippen molar-refractivity contribution in [1.82, 2.24) is 19.9 Å². The molecule has 3 aromatic rings. The standard InChI is InChI=1S/C14H12N6O2/c15-14-18-10-5-9-12(17-6-16-9)11(13(10)19-14)7-1-3-8(4-2-7)20(21)22/h1-4,6,11H,5H2,(H,16,17)(H3,15,18,19). The van der Waals surface area contributed by atoms with Crippen molar-refractivity contribution in [1.29, 1.82) is 0 Å². The van der Waals surface area contributed by atoms with E-state index in [0.29, 0.717) is 12.4 Å². The number of rotatable bonds is 2. The number of nitrogen functional groups attached to an aromatic ring is 1. The molecule has 0 bridgehead atoms. The third-order valence-electron chi connectivity index (χ3n) is 3.92. The molecule has 1 unspecified atom stereocenters. The van der Waals surface area contributed by atoms with E-state index in [9.17, 15) is 10.1 Å². The molecule has 0 saturated heterocycles. The molecular weight excluding hydrogens is 284 g/mol. The summed E-state index contributed by atoms with van der Waals surface area (Å²) >= 11 is 0. The molecule has 8 nitrogen and oxygen atoms in total. The molecule has 0 fully saturated rings. The third kappa shape index (κ3) is 1.77. The first kappa shape index (κ1) is 12.6. The topological polar surface area (TPSA) is 127 Å². The number of nitrogens with two attached hydrogens (primary N) is 1. The minimum Gasteiger partial charge on any atom is -0.369 e. The van der Waals surface area contributed by atoms with Gasteiger partial charge in [-0.3, -0.25) is 10.1 Å². The van der Waals surface area contributed by atoms with E-state index in [1.807, 2.05) is 0 Å². The highest BCUT2D eigenvalue weighted by Gasteiger charge is 2.32. The fourth-order valence-corrected chi connectivity index (χ4v) is 2.96. The summed E-state index contributed by atoms with van der Waals surface area (Å²) in [6.07, 6.45) is 2.29. The Bertz CT molecular complexity index is 864. The molecule has 2 heterocycles. The summed E-state index contributed by atoms with van der Waals surface area (Å²) in [5.41, 5.74) is 10.4. The number of nitro benzene ring substituents is 1. The maximum Gasteiger partial charge on any atom is 0.269 e. The van der Waals surface area contributed by atoms with Crippen LogP contribution in [0.3, 0.4) is 0 Å². The van der Waals surface area contributed by atoms with Crippen molar-refractivity contribution in [3.05, 3.63) is 69.0 Å². The number of anilines is 1. The van der Waals surface area contributed by atoms with Gasteiger partial charge < -0.3 is 15.7 Å². The lowest BCUT2D eigenvalue weighted by molar-refractivity contribution is -0.384. The zero-order chi connectivity index (χ0) is 15.3. The van der Waals surface area contributed by atoms with Gasteiger partial charge in [0.05, 0.1) is 34.3 Å². The van der Waals surface area contributed by atoms with Gasteiger partial charge >= 0.3 is 0 Å². The Hall–Kier alpha value is -3.16. The highest BCUT2D eigenvalue weighted by atomic mass is 16.6. The Kier molecular flexibility index (Phi) is 2.52. The molecule has 0 radical (unpaired) electrons. The lowest BCUT2D eigenvalue weighted by Gasteiger charge is -2.21. The van der Waals surface area contributed by atoms with E-state index in [1.165, 1.54) is 12.1 Å². The van der Waals surface area contributed by atoms with Gasteiger partial charge in [-0.15, -0.1) is 0 Å². The van der Waals surface area contributed by atoms with Crippen LogP contribution in [0.4, 0.5) is 11.6 Å². The number of non-ortho nitro benzene ring substituents is 1. The van der Waals surface area contributed by atoms with Gasteiger partial charge in [0.25, 0.3) is 5.69 Å². The molecule has 110 valence electrons. The molecule has 1 aliphatic carbocycles. The zero-order valence-corrected chi connectivity index (χ0v) is 11.4. The maximum absolute atomic E-state index is 10.8. The van der Waals surface area contributed by atoms with Crippen LogP contribution in [0.15, 0.2) is 30.6 Å². The number of nitrogens with one attached hydrogen (secondary N) is 2. The Morgan fingerprint density at radius 3 is 2.82 bits per heavy atom. The van der Waals surface area contributed by atoms with Gasteiger partial charge in [-0.25, -0.2) is 9.97 Å². The fourth-order valence-electron chi connectivity index (χ4n) is 2.96. The van der Waals surface area contributed by atoms with Crippen molar-refractivity contribution in [3.63, 3.8) is 0 Å². The number of benzene rings is 1. The van der Waals surface area contributed by atoms with Crippen molar-refractivity contribution in [3.8, 4) is 0 Å². The number of imidazole rings is 2. The number of aromatic nitrogens is 4. The van der Waals surface area contributed by atoms with Crippen LogP contribution in [-0.4, -0.2) is 24.9 Å². The second kappa shape index (κ2) is 4.42. The summed E-state index contributed by atoms with van der Waals surface area (Å²) in [5.74, 6) is 0.206. The predicted octanol–water partition coefficient (Wildman–Crippen LogP) is 1.71. The molecule has 1 aromatic carbocycles. The van der Waals surface area contributed by atoms with Crippen LogP contribution in [0, 0.1) is 10.1 Å². The maximum atomic E-state index is 10.8. The zero-order valence-electron chi connectivity index (χ0n) is 11.4. The fraction of sp³-hybridized carbons (Fsp3) is 0.143. The molecule has 0 aliphatic heterocycles. The minimum absolute atomic E-state index is 0.0613. The Labute approximate surface area is 124 Å². The summed E-state index contributed by atoms with van der Waals surface area (Å²) in [4.78, 5) is 25.3. The number of hydrogen-bond donors (Lipinski definition) is 3. The summed E-state index contributed by atoms with van der Waals surface area (Å²) in [6.45, 7) is 0. The summed E-state index contributed by atoms with van der Waals surface area (Å²) in [7, 11) is 0. The van der Waals surface area contributed by atoms with Crippen molar-refractivity contribution < 1.29 is 4.92 Å². The van der Waals surface area contributed by atoms with Gasteiger partial charge in [-0.05, 0) is 5.56 Å². The number of nitro groups is 1. The summed E-state index contributed by atoms with van der Waals surface area (Å²) in [5, 5.41) is 10.8. The first-order valence-electron chi connectivity index (χ1n) is 6.74. The highest BCUT2D eigenvalue weighted by Crippen LogP contribution is 2.38. The normalized spacial score (nSPS) is 16.1. The van der Waals surface area contributed by atoms with Crippen molar-refractivity contribution in [2.45, 2.75) is 12.3 Å². The Morgan fingerprint density at radius 2 is 2.09 bits per heavy atom. The molecule has 22 heavy (non-hydrogen) atoms. The second-order valence-corrected chi connectivity index (χ2v) is 5.21. The number of nitrogens with zero attached hydrogens (tertiary/aromatic N) is 3. The van der Waals surface area contributed by atoms with Crippen molar-refractivity contribution in [2.75, 3.05) is 5.73 Å². The average molecular weight is 296 g/mol. The smallest absolute Gasteiger partial charge is 0.269 e. The van der Waals surface area contributed by atoms with E-state index in [-0.39, 0.29) is 11.6 Å². The monoisotopic (exact) mass is 296 g/mol. The quantitative estimate of drug-likeness (QED) is 0.383. The molecule has 4 N–H and O–H groups in total. The van der Waals surface area contributed by atoms with Gasteiger partial charge in [0.1, 0.15) is 0 Å². The largest absolute Gasteiger partial charge is 0.369 e. The van der Waals surface area contributed by atoms with Gasteiger partial charge in [-0.1, -0.05) is 12.1 Å². The van der Waals surface area contributed by atoms with Gasteiger partial charge in [0, 0.05) is 24.2 Å². The van der Waals surface area contributed by atoms with Crippen LogP contribution in [0.1, 0.15) is 34.3 Å². The Morgan fingerprint density at radius 1 is 1.32 bits per heavy atom. The molecule has 2 aromatic heterocycles. The number of hydrogen-bond acceptors (Lipinski definition) is 5. The molecular formula is C14H12N6O2. The van der Waals surface area contributed by atoms with Gasteiger partial charge in [-0.2, -0.15) is 0 Å². The van der Waals surface area contributed by atoms with E-state index in [1.54, 1.807) is 18.5 Å². The number of aromatic amines is 2. The first-order chi connectivity index (χ1) is 10.6. The minimum atomic E-state index is -0.412. The van der Waals surface area contributed by atoms with Crippen LogP contribution in [0.5, 0.6) is 0 Å². The lowest BCUT2D eigenvalue weighted by Crippen LogP contribution is -2.15. The average Bonchev–Trinajstić information content (AvgIpc) is 3.09. The van der Waals surface area contributed by atoms with Gasteiger partial charge in [0.2, 0.25) is 0 Å². The van der Waals surface area contributed by atoms with E-state index < -0.39 is 4.92 Å². The number of H-pyrrole nitrogens is 2.